The first kappa shape index (κ1) is 20.9. The molecule has 0 bridgehead atoms. The van der Waals surface area contributed by atoms with Gasteiger partial charge < -0.3 is 0 Å². The minimum atomic E-state index is -4.44. The number of hydrogen-bond acceptors (Lipinski definition) is 2. The van der Waals surface area contributed by atoms with Crippen molar-refractivity contribution in [2.24, 2.45) is 0 Å². The highest BCUT2D eigenvalue weighted by atomic mass is 19.4. The number of nitrogens with one attached hydrogen (secondary N) is 1. The Kier molecular flexibility index (Phi) is 4.59. The van der Waals surface area contributed by atoms with Crippen LogP contribution < -0.4 is 5.56 Å². The lowest BCUT2D eigenvalue weighted by Gasteiger charge is -2.08. The van der Waals surface area contributed by atoms with Crippen molar-refractivity contribution >= 4 is 16.6 Å². The van der Waals surface area contributed by atoms with E-state index >= 15 is 0 Å². The summed E-state index contributed by atoms with van der Waals surface area (Å²) >= 11 is 0. The molecule has 0 saturated carbocycles. The number of aromatic amines is 1. The molecule has 2 aromatic heterocycles. The van der Waals surface area contributed by atoms with Gasteiger partial charge in [0.2, 0.25) is 0 Å². The van der Waals surface area contributed by atoms with E-state index in [0.717, 1.165) is 24.3 Å². The van der Waals surface area contributed by atoms with Gasteiger partial charge in [-0.15, -0.1) is 0 Å². The summed E-state index contributed by atoms with van der Waals surface area (Å²) in [5, 5.41) is 3.14. The Bertz CT molecular complexity index is 1600. The molecule has 0 aliphatic heterocycles. The van der Waals surface area contributed by atoms with Crippen LogP contribution in [0.25, 0.3) is 38.8 Å². The first-order valence-electron chi connectivity index (χ1n) is 9.81. The van der Waals surface area contributed by atoms with Gasteiger partial charge in [-0.1, -0.05) is 18.2 Å². The molecule has 0 amide bonds. The average Bonchev–Trinajstić information content (AvgIpc) is 3.09. The second kappa shape index (κ2) is 7.26. The molecule has 0 unspecified atom stereocenters. The van der Waals surface area contributed by atoms with Crippen molar-refractivity contribution in [3.63, 3.8) is 0 Å². The number of alkyl halides is 3. The Hall–Kier alpha value is -4.01. The fraction of sp³-hybridized carbons (Fsp3) is 0.0833. The third-order valence-corrected chi connectivity index (χ3v) is 5.49. The smallest absolute Gasteiger partial charge is 0.293 e. The minimum absolute atomic E-state index is 0.0813. The van der Waals surface area contributed by atoms with E-state index in [1.165, 1.54) is 22.7 Å². The quantitative estimate of drug-likeness (QED) is 0.326. The van der Waals surface area contributed by atoms with E-state index in [4.69, 9.17) is 0 Å². The van der Waals surface area contributed by atoms with Crippen molar-refractivity contribution in [3.05, 3.63) is 93.9 Å². The number of rotatable bonds is 2. The molecule has 9 heteroatoms. The van der Waals surface area contributed by atoms with Crippen LogP contribution in [-0.2, 0) is 6.18 Å². The number of nitrogens with zero attached hydrogens (tertiary/aromatic N) is 2. The van der Waals surface area contributed by atoms with Crippen LogP contribution in [0.4, 0.5) is 22.0 Å². The molecule has 0 aliphatic rings. The summed E-state index contributed by atoms with van der Waals surface area (Å²) in [5.41, 5.74) is 1.19. The Labute approximate surface area is 182 Å². The molecular weight excluding hydrogens is 441 g/mol. The third-order valence-electron chi connectivity index (χ3n) is 5.49. The number of H-pyrrole nitrogens is 1. The fourth-order valence-electron chi connectivity index (χ4n) is 3.89. The Balaban J connectivity index is 1.71. The predicted molar refractivity (Wildman–Crippen MR) is 114 cm³/mol. The van der Waals surface area contributed by atoms with E-state index in [0.29, 0.717) is 27.9 Å². The number of halogens is 5. The number of fused-ring (bicyclic) bond motifs is 2. The summed E-state index contributed by atoms with van der Waals surface area (Å²) in [6.45, 7) is 1.64. The maximum atomic E-state index is 14.5. The molecule has 5 rings (SSSR count). The number of aryl methyl sites for hydroxylation is 1. The topological polar surface area (TPSA) is 50.2 Å². The molecule has 0 atom stereocenters. The van der Waals surface area contributed by atoms with E-state index in [2.05, 4.69) is 10.1 Å². The van der Waals surface area contributed by atoms with Gasteiger partial charge in [-0.25, -0.2) is 18.3 Å². The van der Waals surface area contributed by atoms with Gasteiger partial charge in [0.25, 0.3) is 5.56 Å². The number of aromatic nitrogens is 3. The van der Waals surface area contributed by atoms with Crippen molar-refractivity contribution < 1.29 is 22.0 Å². The van der Waals surface area contributed by atoms with E-state index in [1.807, 2.05) is 0 Å². The maximum Gasteiger partial charge on any atom is 0.416 e. The summed E-state index contributed by atoms with van der Waals surface area (Å²) in [6.07, 6.45) is -4.44. The highest BCUT2D eigenvalue weighted by Crippen LogP contribution is 2.33. The normalized spacial score (nSPS) is 12.1. The fourth-order valence-corrected chi connectivity index (χ4v) is 3.89. The highest BCUT2D eigenvalue weighted by molar-refractivity contribution is 5.88. The average molecular weight is 455 g/mol. The van der Waals surface area contributed by atoms with E-state index in [-0.39, 0.29) is 16.6 Å². The van der Waals surface area contributed by atoms with Crippen LogP contribution in [0.15, 0.2) is 65.5 Å². The van der Waals surface area contributed by atoms with Gasteiger partial charge in [-0.2, -0.15) is 13.2 Å². The van der Waals surface area contributed by atoms with Crippen molar-refractivity contribution in [1.29, 1.82) is 0 Å². The summed E-state index contributed by atoms with van der Waals surface area (Å²) < 4.78 is 67.6. The largest absolute Gasteiger partial charge is 0.416 e. The van der Waals surface area contributed by atoms with Crippen molar-refractivity contribution in [2.75, 3.05) is 0 Å². The van der Waals surface area contributed by atoms with Crippen molar-refractivity contribution in [2.45, 2.75) is 13.1 Å². The van der Waals surface area contributed by atoms with Crippen LogP contribution in [-0.4, -0.2) is 14.6 Å². The van der Waals surface area contributed by atoms with Crippen LogP contribution in [0.1, 0.15) is 11.3 Å². The second-order valence-corrected chi connectivity index (χ2v) is 7.62. The van der Waals surface area contributed by atoms with Gasteiger partial charge in [-0.3, -0.25) is 9.89 Å². The van der Waals surface area contributed by atoms with Crippen LogP contribution in [0.2, 0.25) is 0 Å². The molecule has 0 spiro atoms. The number of benzene rings is 3. The van der Waals surface area contributed by atoms with Crippen molar-refractivity contribution in [1.82, 2.24) is 14.6 Å². The molecule has 0 aliphatic carbocycles. The Morgan fingerprint density at radius 2 is 1.61 bits per heavy atom. The van der Waals surface area contributed by atoms with Crippen LogP contribution in [0, 0.1) is 18.6 Å². The van der Waals surface area contributed by atoms with Gasteiger partial charge in [0.15, 0.2) is 5.65 Å². The summed E-state index contributed by atoms with van der Waals surface area (Å²) in [7, 11) is 0. The maximum absolute atomic E-state index is 14.5. The lowest BCUT2D eigenvalue weighted by Crippen LogP contribution is -2.15. The third kappa shape index (κ3) is 3.45. The Morgan fingerprint density at radius 3 is 2.27 bits per heavy atom. The molecule has 33 heavy (non-hydrogen) atoms. The van der Waals surface area contributed by atoms with E-state index in [9.17, 15) is 26.7 Å². The van der Waals surface area contributed by atoms with E-state index < -0.39 is 28.9 Å². The van der Waals surface area contributed by atoms with Gasteiger partial charge >= 0.3 is 6.18 Å². The first-order chi connectivity index (χ1) is 15.6. The molecular formula is C24H14F5N3O. The summed E-state index contributed by atoms with van der Waals surface area (Å²) in [4.78, 5) is 17.6. The van der Waals surface area contributed by atoms with Crippen molar-refractivity contribution in [3.8, 4) is 22.3 Å². The molecule has 166 valence electrons. The zero-order valence-electron chi connectivity index (χ0n) is 17.0. The summed E-state index contributed by atoms with van der Waals surface area (Å²) in [6, 6.07) is 12.5. The molecule has 2 heterocycles. The zero-order valence-corrected chi connectivity index (χ0v) is 17.0. The lowest BCUT2D eigenvalue weighted by atomic mass is 10.0. The van der Waals surface area contributed by atoms with Gasteiger partial charge in [-0.05, 0) is 54.4 Å². The highest BCUT2D eigenvalue weighted by Gasteiger charge is 2.30. The molecule has 4 nitrogen and oxygen atoms in total. The lowest BCUT2D eigenvalue weighted by molar-refractivity contribution is -0.137. The monoisotopic (exact) mass is 455 g/mol. The Morgan fingerprint density at radius 1 is 0.909 bits per heavy atom. The molecule has 0 saturated heterocycles. The SMILES string of the molecule is Cc1[nH]n2c(=O)c3ccc(-c4ccc(C(F)(F)F)cc4)cc3nc2c1-c1ccc(F)cc1F. The molecule has 0 radical (unpaired) electrons. The zero-order chi connectivity index (χ0) is 23.5. The van der Waals surface area contributed by atoms with E-state index in [1.54, 1.807) is 25.1 Å². The molecule has 5 aromatic rings. The van der Waals surface area contributed by atoms with Gasteiger partial charge in [0, 0.05) is 22.9 Å². The molecule has 0 fully saturated rings. The van der Waals surface area contributed by atoms with Gasteiger partial charge in [0.05, 0.1) is 16.5 Å². The minimum Gasteiger partial charge on any atom is -0.293 e. The standard InChI is InChI=1S/C24H14F5N3O/c1-12-21(17-9-7-16(25)11-19(17)26)22-30-20-10-14(4-8-18(20)23(33)32(22)31-12)13-2-5-15(6-3-13)24(27,28)29/h2-11,31H,1H3. The first-order valence-corrected chi connectivity index (χ1v) is 9.81. The van der Waals surface area contributed by atoms with Crippen LogP contribution in [0.3, 0.4) is 0 Å². The second-order valence-electron chi connectivity index (χ2n) is 7.62. The molecule has 1 N–H and O–H groups in total. The van der Waals surface area contributed by atoms with Crippen LogP contribution >= 0.6 is 0 Å². The number of hydrogen-bond donors (Lipinski definition) is 1. The van der Waals surface area contributed by atoms with Crippen LogP contribution in [0.5, 0.6) is 0 Å². The van der Waals surface area contributed by atoms with Gasteiger partial charge in [0.1, 0.15) is 11.6 Å². The molecule has 3 aromatic carbocycles. The predicted octanol–water partition coefficient (Wildman–Crippen LogP) is 6.12. The summed E-state index contributed by atoms with van der Waals surface area (Å²) in [5.74, 6) is -1.53.